The van der Waals surface area contributed by atoms with Gasteiger partial charge in [0.2, 0.25) is 5.82 Å². The van der Waals surface area contributed by atoms with Crippen molar-refractivity contribution in [2.24, 2.45) is 5.92 Å². The number of carbonyl (C=O) groups excluding carboxylic acids is 1. The Labute approximate surface area is 195 Å². The van der Waals surface area contributed by atoms with Gasteiger partial charge in [-0.25, -0.2) is 17.8 Å². The van der Waals surface area contributed by atoms with E-state index >= 15 is 0 Å². The molecular weight excluding hydrogens is 471 g/mol. The standard InChI is InChI=1S/C21H22ClFN6O3S/c1-12(8-9-33(2,31)32)26-21(30)20-24-10-16(19-28-25-11-29(19)20)27-18(13-6-7-13)14-4-3-5-15(23)17(14)22/h3-5,8-13,18,27H,6-7H2,1-2H3,(H,26,30)/b9-8+/t12-,18-/m1/s1. The first-order valence-corrected chi connectivity index (χ1v) is 12.6. The van der Waals surface area contributed by atoms with Crippen LogP contribution in [0.15, 0.2) is 42.2 Å². The summed E-state index contributed by atoms with van der Waals surface area (Å²) in [6, 6.07) is 3.91. The number of rotatable bonds is 8. The molecule has 1 saturated carbocycles. The Morgan fingerprint density at radius 3 is 2.82 bits per heavy atom. The lowest BCUT2D eigenvalue weighted by Crippen LogP contribution is -2.33. The number of anilines is 1. The van der Waals surface area contributed by atoms with Crippen molar-refractivity contribution in [2.45, 2.75) is 31.8 Å². The van der Waals surface area contributed by atoms with Crippen LogP contribution < -0.4 is 10.6 Å². The number of aromatic nitrogens is 4. The minimum atomic E-state index is -3.31. The van der Waals surface area contributed by atoms with E-state index in [0.29, 0.717) is 16.9 Å². The maximum Gasteiger partial charge on any atom is 0.288 e. The van der Waals surface area contributed by atoms with Gasteiger partial charge in [-0.2, -0.15) is 0 Å². The molecule has 12 heteroatoms. The maximum atomic E-state index is 14.1. The fourth-order valence-electron chi connectivity index (χ4n) is 3.48. The number of halogens is 2. The highest BCUT2D eigenvalue weighted by Gasteiger charge is 2.34. The number of nitrogens with one attached hydrogen (secondary N) is 2. The minimum absolute atomic E-state index is 0.0342. The molecule has 0 radical (unpaired) electrons. The van der Waals surface area contributed by atoms with E-state index in [1.54, 1.807) is 19.1 Å². The van der Waals surface area contributed by atoms with Crippen molar-refractivity contribution in [3.05, 3.63) is 64.4 Å². The van der Waals surface area contributed by atoms with E-state index in [2.05, 4.69) is 25.8 Å². The molecule has 2 aromatic heterocycles. The zero-order chi connectivity index (χ0) is 23.8. The van der Waals surface area contributed by atoms with Crippen molar-refractivity contribution in [3.63, 3.8) is 0 Å². The molecule has 1 amide bonds. The van der Waals surface area contributed by atoms with E-state index in [1.807, 2.05) is 0 Å². The minimum Gasteiger partial charge on any atom is -0.374 e. The maximum absolute atomic E-state index is 14.1. The second-order valence-electron chi connectivity index (χ2n) is 8.04. The van der Waals surface area contributed by atoms with Crippen molar-refractivity contribution in [3.8, 4) is 0 Å². The predicted molar refractivity (Wildman–Crippen MR) is 122 cm³/mol. The number of sulfone groups is 1. The molecule has 4 rings (SSSR count). The topological polar surface area (TPSA) is 118 Å². The summed E-state index contributed by atoms with van der Waals surface area (Å²) in [6.45, 7) is 1.64. The SMILES string of the molecule is C[C@H](/C=C/S(C)(=O)=O)NC(=O)c1ncc(N[C@@H](c2cccc(F)c2Cl)C2CC2)c2nncn12. The van der Waals surface area contributed by atoms with Gasteiger partial charge in [-0.05, 0) is 37.3 Å². The number of fused-ring (bicyclic) bond motifs is 1. The number of hydrogen-bond acceptors (Lipinski definition) is 7. The third kappa shape index (κ3) is 5.31. The molecule has 0 bridgehead atoms. The molecular formula is C21H22ClFN6O3S. The summed E-state index contributed by atoms with van der Waals surface area (Å²) in [6.07, 6.45) is 7.22. The van der Waals surface area contributed by atoms with Crippen molar-refractivity contribution in [1.29, 1.82) is 0 Å². The quantitative estimate of drug-likeness (QED) is 0.495. The highest BCUT2D eigenvalue weighted by atomic mass is 35.5. The molecule has 9 nitrogen and oxygen atoms in total. The van der Waals surface area contributed by atoms with Crippen molar-refractivity contribution >= 4 is 38.7 Å². The molecule has 1 aromatic carbocycles. The first-order chi connectivity index (χ1) is 15.6. The van der Waals surface area contributed by atoms with Gasteiger partial charge in [-0.1, -0.05) is 29.8 Å². The molecule has 1 fully saturated rings. The second kappa shape index (κ2) is 9.06. The number of nitrogens with zero attached hydrogens (tertiary/aromatic N) is 4. The second-order valence-corrected chi connectivity index (χ2v) is 10.4. The lowest BCUT2D eigenvalue weighted by atomic mass is 10.0. The van der Waals surface area contributed by atoms with Gasteiger partial charge in [0.1, 0.15) is 12.1 Å². The fraction of sp³-hybridized carbons (Fsp3) is 0.333. The van der Waals surface area contributed by atoms with Gasteiger partial charge in [-0.3, -0.25) is 9.20 Å². The van der Waals surface area contributed by atoms with E-state index in [-0.39, 0.29) is 22.8 Å². The van der Waals surface area contributed by atoms with E-state index in [0.717, 1.165) is 24.5 Å². The zero-order valence-electron chi connectivity index (χ0n) is 17.9. The average molecular weight is 493 g/mol. The Kier molecular flexibility index (Phi) is 6.35. The van der Waals surface area contributed by atoms with Crippen LogP contribution in [-0.2, 0) is 9.84 Å². The van der Waals surface area contributed by atoms with Gasteiger partial charge >= 0.3 is 0 Å². The molecule has 3 aromatic rings. The fourth-order valence-corrected chi connectivity index (χ4v) is 4.24. The van der Waals surface area contributed by atoms with Crippen molar-refractivity contribution in [1.82, 2.24) is 24.9 Å². The largest absolute Gasteiger partial charge is 0.374 e. The average Bonchev–Trinajstić information content (AvgIpc) is 3.47. The molecule has 33 heavy (non-hydrogen) atoms. The zero-order valence-corrected chi connectivity index (χ0v) is 19.4. The highest BCUT2D eigenvalue weighted by molar-refractivity contribution is 7.93. The third-order valence-electron chi connectivity index (χ3n) is 5.23. The summed E-state index contributed by atoms with van der Waals surface area (Å²) in [5.41, 5.74) is 1.53. The lowest BCUT2D eigenvalue weighted by molar-refractivity contribution is 0.0935. The lowest BCUT2D eigenvalue weighted by Gasteiger charge is -2.21. The van der Waals surface area contributed by atoms with Crippen molar-refractivity contribution in [2.75, 3.05) is 11.6 Å². The number of benzene rings is 1. The van der Waals surface area contributed by atoms with Crippen molar-refractivity contribution < 1.29 is 17.6 Å². The Morgan fingerprint density at radius 1 is 1.36 bits per heavy atom. The molecule has 1 aliphatic carbocycles. The molecule has 0 spiro atoms. The summed E-state index contributed by atoms with van der Waals surface area (Å²) >= 11 is 6.23. The van der Waals surface area contributed by atoms with Crippen LogP contribution >= 0.6 is 11.6 Å². The summed E-state index contributed by atoms with van der Waals surface area (Å²) in [5, 5.41) is 15.1. The summed E-state index contributed by atoms with van der Waals surface area (Å²) in [4.78, 5) is 17.0. The molecule has 1 aliphatic rings. The van der Waals surface area contributed by atoms with Gasteiger partial charge in [0.15, 0.2) is 15.5 Å². The first kappa shape index (κ1) is 23.1. The molecule has 0 unspecified atom stereocenters. The highest BCUT2D eigenvalue weighted by Crippen LogP contribution is 2.45. The van der Waals surface area contributed by atoms with Crippen LogP contribution in [0.5, 0.6) is 0 Å². The summed E-state index contributed by atoms with van der Waals surface area (Å²) < 4.78 is 38.0. The summed E-state index contributed by atoms with van der Waals surface area (Å²) in [7, 11) is -3.31. The van der Waals surface area contributed by atoms with Gasteiger partial charge in [-0.15, -0.1) is 10.2 Å². The normalized spacial score (nSPS) is 16.1. The van der Waals surface area contributed by atoms with E-state index < -0.39 is 27.6 Å². The van der Waals surface area contributed by atoms with Crippen LogP contribution in [0.2, 0.25) is 5.02 Å². The van der Waals surface area contributed by atoms with Gasteiger partial charge in [0, 0.05) is 17.7 Å². The molecule has 2 N–H and O–H groups in total. The Morgan fingerprint density at radius 2 is 2.12 bits per heavy atom. The molecule has 0 saturated heterocycles. The summed E-state index contributed by atoms with van der Waals surface area (Å²) in [5.74, 6) is -0.702. The van der Waals surface area contributed by atoms with Gasteiger partial charge in [0.25, 0.3) is 5.91 Å². The number of amides is 1. The monoisotopic (exact) mass is 492 g/mol. The Hall–Kier alpha value is -3.05. The van der Waals surface area contributed by atoms with Crippen LogP contribution in [0.4, 0.5) is 10.1 Å². The third-order valence-corrected chi connectivity index (χ3v) is 6.28. The van der Waals surface area contributed by atoms with Gasteiger partial charge < -0.3 is 10.6 Å². The Bertz CT molecular complexity index is 1340. The van der Waals surface area contributed by atoms with Crippen LogP contribution in [0.25, 0.3) is 5.65 Å². The van der Waals surface area contributed by atoms with Crippen LogP contribution in [0, 0.1) is 11.7 Å². The molecule has 2 atom stereocenters. The number of carbonyl (C=O) groups is 1. The Balaban J connectivity index is 1.60. The van der Waals surface area contributed by atoms with Crippen LogP contribution in [0.1, 0.15) is 42.0 Å². The van der Waals surface area contributed by atoms with E-state index in [4.69, 9.17) is 11.6 Å². The van der Waals surface area contributed by atoms with Crippen LogP contribution in [-0.4, -0.2) is 46.2 Å². The predicted octanol–water partition coefficient (Wildman–Crippen LogP) is 3.16. The van der Waals surface area contributed by atoms with E-state index in [9.17, 15) is 17.6 Å². The molecule has 0 aliphatic heterocycles. The molecule has 174 valence electrons. The van der Waals surface area contributed by atoms with Gasteiger partial charge in [0.05, 0.1) is 22.9 Å². The first-order valence-electron chi connectivity index (χ1n) is 10.2. The van der Waals surface area contributed by atoms with E-state index in [1.165, 1.54) is 29.1 Å². The molecule has 2 heterocycles. The smallest absolute Gasteiger partial charge is 0.288 e. The number of hydrogen-bond donors (Lipinski definition) is 2. The van der Waals surface area contributed by atoms with Crippen LogP contribution in [0.3, 0.4) is 0 Å².